The molecule has 5 atom stereocenters. The molecular weight excluding hydrogens is 674 g/mol. The van der Waals surface area contributed by atoms with E-state index in [0.29, 0.717) is 51.6 Å². The number of rotatable bonds is 23. The number of carboxylic acid groups (broad SMARTS) is 1. The van der Waals surface area contributed by atoms with Crippen LogP contribution in [-0.2, 0) is 36.9 Å². The Morgan fingerprint density at radius 1 is 0.769 bits per heavy atom. The minimum absolute atomic E-state index is 0.0191. The van der Waals surface area contributed by atoms with Crippen molar-refractivity contribution < 1.29 is 29.1 Å². The molecule has 19 heteroatoms. The number of guanidine groups is 2. The van der Waals surface area contributed by atoms with Crippen molar-refractivity contribution in [1.82, 2.24) is 20.9 Å². The highest BCUT2D eigenvalue weighted by Crippen LogP contribution is 2.25. The van der Waals surface area contributed by atoms with E-state index in [9.17, 15) is 29.1 Å². The Kier molecular flexibility index (Phi) is 18.9. The van der Waals surface area contributed by atoms with E-state index in [1.807, 2.05) is 24.3 Å². The Morgan fingerprint density at radius 3 is 1.98 bits per heavy atom. The molecule has 0 saturated heterocycles. The molecule has 0 aliphatic carbocycles. The van der Waals surface area contributed by atoms with Crippen LogP contribution in [0.3, 0.4) is 0 Å². The third-order valence-electron chi connectivity index (χ3n) is 8.60. The third kappa shape index (κ3) is 15.1. The van der Waals surface area contributed by atoms with Gasteiger partial charge in [-0.05, 0) is 75.5 Å². The van der Waals surface area contributed by atoms with E-state index >= 15 is 0 Å². The lowest BCUT2D eigenvalue weighted by Gasteiger charge is -2.38. The molecule has 52 heavy (non-hydrogen) atoms. The van der Waals surface area contributed by atoms with Gasteiger partial charge in [0.1, 0.15) is 18.1 Å². The topological polar surface area (TPSA) is 352 Å². The molecule has 290 valence electrons. The van der Waals surface area contributed by atoms with Crippen LogP contribution in [-0.4, -0.2) is 108 Å². The number of fused-ring (bicyclic) bond motifs is 1. The normalized spacial score (nSPS) is 15.9. The predicted molar refractivity (Wildman–Crippen MR) is 197 cm³/mol. The minimum Gasteiger partial charge on any atom is -0.480 e. The van der Waals surface area contributed by atoms with Crippen molar-refractivity contribution in [3.63, 3.8) is 0 Å². The second-order valence-electron chi connectivity index (χ2n) is 12.7. The number of nitrogens with two attached hydrogens (primary N) is 7. The summed E-state index contributed by atoms with van der Waals surface area (Å²) in [4.78, 5) is 74.1. The lowest BCUT2D eigenvalue weighted by Crippen LogP contribution is -2.60. The average molecular weight is 732 g/mol. The first kappa shape index (κ1) is 43.2. The standard InChI is InChI=1S/C33H57N13O6/c34-14-13-24(44-28(48)23(36)11-3-5-15-41-27(47)22(35)10-4-6-16-42-32(37)38)30(50)46-19-21-9-2-1-8-20(21)18-26(46)29(49)45-25(31(51)52)12-7-17-43-33(39)40/h1-2,8-9,22-26H,3-7,10-19,34-36H2,(H,41,47)(H,44,48)(H,45,49)(H,51,52)(H4,37,38,42)(H4,39,40,43)/t22-,23-,24-,25-,26-/m0/s1. The summed E-state index contributed by atoms with van der Waals surface area (Å²) >= 11 is 0. The Bertz CT molecular complexity index is 1400. The highest BCUT2D eigenvalue weighted by molar-refractivity contribution is 5.94. The highest BCUT2D eigenvalue weighted by atomic mass is 16.4. The molecule has 1 aromatic rings. The van der Waals surface area contributed by atoms with E-state index in [1.165, 1.54) is 4.90 Å². The van der Waals surface area contributed by atoms with Gasteiger partial charge in [0, 0.05) is 32.6 Å². The summed E-state index contributed by atoms with van der Waals surface area (Å²) < 4.78 is 0. The molecule has 2 rings (SSSR count). The van der Waals surface area contributed by atoms with Crippen molar-refractivity contribution in [1.29, 1.82) is 0 Å². The van der Waals surface area contributed by atoms with Crippen LogP contribution in [0.15, 0.2) is 34.3 Å². The van der Waals surface area contributed by atoms with Gasteiger partial charge in [-0.15, -0.1) is 0 Å². The van der Waals surface area contributed by atoms with E-state index < -0.39 is 53.9 Å². The van der Waals surface area contributed by atoms with Gasteiger partial charge < -0.3 is 66.1 Å². The van der Waals surface area contributed by atoms with Crippen molar-refractivity contribution >= 4 is 41.5 Å². The van der Waals surface area contributed by atoms with E-state index in [4.69, 9.17) is 40.1 Å². The second-order valence-corrected chi connectivity index (χ2v) is 12.7. The van der Waals surface area contributed by atoms with Crippen LogP contribution < -0.4 is 56.1 Å². The number of carbonyl (C=O) groups is 5. The molecule has 1 heterocycles. The van der Waals surface area contributed by atoms with Gasteiger partial charge in [0.05, 0.1) is 12.1 Å². The number of carbonyl (C=O) groups excluding carboxylic acids is 4. The van der Waals surface area contributed by atoms with Gasteiger partial charge >= 0.3 is 5.97 Å². The van der Waals surface area contributed by atoms with Crippen LogP contribution in [0.25, 0.3) is 0 Å². The number of hydrogen-bond acceptors (Lipinski definition) is 10. The maximum absolute atomic E-state index is 14.0. The Morgan fingerprint density at radius 2 is 1.37 bits per heavy atom. The average Bonchev–Trinajstić information content (AvgIpc) is 3.10. The van der Waals surface area contributed by atoms with Crippen molar-refractivity contribution in [3.8, 4) is 0 Å². The molecule has 0 fully saturated rings. The number of unbranched alkanes of at least 4 members (excludes halogenated alkanes) is 2. The summed E-state index contributed by atoms with van der Waals surface area (Å²) in [6, 6.07) is 2.32. The largest absolute Gasteiger partial charge is 0.480 e. The lowest BCUT2D eigenvalue weighted by molar-refractivity contribution is -0.147. The summed E-state index contributed by atoms with van der Waals surface area (Å²) in [6.45, 7) is 1.12. The molecule has 1 aliphatic rings. The number of amides is 4. The number of nitrogens with one attached hydrogen (secondary N) is 3. The summed E-state index contributed by atoms with van der Waals surface area (Å²) in [5, 5.41) is 17.8. The maximum Gasteiger partial charge on any atom is 0.326 e. The van der Waals surface area contributed by atoms with Gasteiger partial charge in [-0.3, -0.25) is 29.2 Å². The van der Waals surface area contributed by atoms with Gasteiger partial charge in [0.25, 0.3) is 0 Å². The van der Waals surface area contributed by atoms with E-state index in [1.54, 1.807) is 0 Å². The quantitative estimate of drug-likeness (QED) is 0.0300. The molecule has 0 bridgehead atoms. The zero-order valence-electron chi connectivity index (χ0n) is 29.7. The fourth-order valence-electron chi connectivity index (χ4n) is 5.70. The number of hydrogen-bond donors (Lipinski definition) is 11. The van der Waals surface area contributed by atoms with Gasteiger partial charge in [-0.25, -0.2) is 4.79 Å². The van der Waals surface area contributed by atoms with Crippen molar-refractivity contribution in [2.75, 3.05) is 26.2 Å². The highest BCUT2D eigenvalue weighted by Gasteiger charge is 2.39. The van der Waals surface area contributed by atoms with Crippen LogP contribution in [0.2, 0.25) is 0 Å². The Balaban J connectivity index is 1.98. The van der Waals surface area contributed by atoms with Crippen molar-refractivity contribution in [3.05, 3.63) is 35.4 Å². The monoisotopic (exact) mass is 731 g/mol. The Labute approximate surface area is 303 Å². The number of aliphatic carboxylic acids is 1. The molecule has 0 aromatic heterocycles. The Hall–Kier alpha value is -5.01. The van der Waals surface area contributed by atoms with E-state index in [2.05, 4.69) is 25.9 Å². The first-order chi connectivity index (χ1) is 24.7. The van der Waals surface area contributed by atoms with Crippen LogP contribution in [0.5, 0.6) is 0 Å². The first-order valence-corrected chi connectivity index (χ1v) is 17.6. The fourth-order valence-corrected chi connectivity index (χ4v) is 5.70. The molecule has 18 N–H and O–H groups in total. The first-order valence-electron chi connectivity index (χ1n) is 17.6. The van der Waals surface area contributed by atoms with Gasteiger partial charge in [-0.2, -0.15) is 0 Å². The number of nitrogens with zero attached hydrogens (tertiary/aromatic N) is 3. The smallest absolute Gasteiger partial charge is 0.326 e. The van der Waals surface area contributed by atoms with Gasteiger partial charge in [-0.1, -0.05) is 24.3 Å². The summed E-state index contributed by atoms with van der Waals surface area (Å²) in [6.07, 6.45) is 3.79. The second kappa shape index (κ2) is 22.7. The summed E-state index contributed by atoms with van der Waals surface area (Å²) in [7, 11) is 0. The maximum atomic E-state index is 14.0. The summed E-state index contributed by atoms with van der Waals surface area (Å²) in [5.74, 6) is -3.39. The third-order valence-corrected chi connectivity index (χ3v) is 8.60. The molecular formula is C33H57N13O6. The van der Waals surface area contributed by atoms with Crippen molar-refractivity contribution in [2.45, 2.75) is 101 Å². The molecule has 19 nitrogen and oxygen atoms in total. The molecule has 4 amide bonds. The number of aliphatic imine (C=N–C) groups is 2. The SMILES string of the molecule is NCC[C@H](NC(=O)[C@@H](N)CCCCNC(=O)[C@@H](N)CCCCN=C(N)N)C(=O)N1Cc2ccccc2C[C@H]1C(=O)N[C@@H](CCCN=C(N)N)C(=O)O. The zero-order chi connectivity index (χ0) is 38.6. The molecule has 0 radical (unpaired) electrons. The number of benzene rings is 1. The van der Waals surface area contributed by atoms with Crippen LogP contribution in [0, 0.1) is 0 Å². The molecule has 0 saturated carbocycles. The van der Waals surface area contributed by atoms with Crippen LogP contribution in [0.1, 0.15) is 68.9 Å². The van der Waals surface area contributed by atoms with E-state index in [0.717, 1.165) is 11.1 Å². The van der Waals surface area contributed by atoms with Gasteiger partial charge in [0.2, 0.25) is 23.6 Å². The lowest BCUT2D eigenvalue weighted by atomic mass is 9.92. The molecule has 0 spiro atoms. The minimum atomic E-state index is -1.24. The van der Waals surface area contributed by atoms with Crippen LogP contribution in [0.4, 0.5) is 0 Å². The fraction of sp³-hybridized carbons (Fsp3) is 0.606. The molecule has 1 aliphatic heterocycles. The summed E-state index contributed by atoms with van der Waals surface area (Å²) in [5.41, 5.74) is 40.9. The van der Waals surface area contributed by atoms with Crippen molar-refractivity contribution in [2.24, 2.45) is 50.1 Å². The number of carboxylic acids is 1. The predicted octanol–water partition coefficient (Wildman–Crippen LogP) is -3.22. The van der Waals surface area contributed by atoms with Gasteiger partial charge in [0.15, 0.2) is 11.9 Å². The molecule has 0 unspecified atom stereocenters. The molecule has 1 aromatic carbocycles. The zero-order valence-corrected chi connectivity index (χ0v) is 29.7. The van der Waals surface area contributed by atoms with E-state index in [-0.39, 0.29) is 63.1 Å². The van der Waals surface area contributed by atoms with Crippen LogP contribution >= 0.6 is 0 Å².